The summed E-state index contributed by atoms with van der Waals surface area (Å²) in [6.45, 7) is 0. The van der Waals surface area contributed by atoms with Crippen LogP contribution >= 0.6 is 0 Å². The van der Waals surface area contributed by atoms with Crippen molar-refractivity contribution >= 4 is 17.7 Å². The third kappa shape index (κ3) is 4.11. The lowest BCUT2D eigenvalue weighted by Gasteiger charge is -2.27. The minimum Gasteiger partial charge on any atom is -0.456 e. The first-order valence-electron chi connectivity index (χ1n) is 14.1. The van der Waals surface area contributed by atoms with E-state index in [2.05, 4.69) is 60.8 Å². The molecule has 6 aliphatic rings. The number of nitriles is 1. The van der Waals surface area contributed by atoms with Crippen LogP contribution in [0, 0.1) is 11.3 Å². The first kappa shape index (κ1) is 22.6. The molecule has 37 heavy (non-hydrogen) atoms. The minimum atomic E-state index is 0.874. The van der Waals surface area contributed by atoms with Crippen molar-refractivity contribution in [3.05, 3.63) is 109 Å². The highest BCUT2D eigenvalue weighted by Crippen LogP contribution is 2.40. The lowest BCUT2D eigenvalue weighted by Crippen LogP contribution is -2.29. The van der Waals surface area contributed by atoms with E-state index >= 15 is 0 Å². The summed E-state index contributed by atoms with van der Waals surface area (Å²) >= 11 is 0. The Morgan fingerprint density at radius 3 is 2.24 bits per heavy atom. The second-order valence-electron chi connectivity index (χ2n) is 11.1. The van der Waals surface area contributed by atoms with Gasteiger partial charge >= 0.3 is 0 Å². The SMILES string of the molecule is N#CC1=CC(C2=CCCC(C3=CC4=C(C=C(C5=c6oc7c(c6=CCC5)CCC=C7)CC4)CC3)=C2)=CCC1. The van der Waals surface area contributed by atoms with Crippen molar-refractivity contribution in [2.75, 3.05) is 0 Å². The smallest absolute Gasteiger partial charge is 0.138 e. The summed E-state index contributed by atoms with van der Waals surface area (Å²) in [5.74, 6) is 1.09. The molecule has 1 heterocycles. The summed E-state index contributed by atoms with van der Waals surface area (Å²) < 4.78 is 6.44. The van der Waals surface area contributed by atoms with Crippen LogP contribution in [0.15, 0.2) is 91.5 Å². The Bertz CT molecular complexity index is 1610. The van der Waals surface area contributed by atoms with Crippen LogP contribution in [-0.4, -0.2) is 0 Å². The summed E-state index contributed by atoms with van der Waals surface area (Å²) in [4.78, 5) is 0. The maximum Gasteiger partial charge on any atom is 0.138 e. The second-order valence-corrected chi connectivity index (χ2v) is 11.1. The van der Waals surface area contributed by atoms with Crippen molar-refractivity contribution < 1.29 is 4.42 Å². The van der Waals surface area contributed by atoms with E-state index in [1.54, 1.807) is 0 Å². The molecule has 0 atom stereocenters. The van der Waals surface area contributed by atoms with E-state index in [0.29, 0.717) is 0 Å². The van der Waals surface area contributed by atoms with Gasteiger partial charge in [0.1, 0.15) is 11.2 Å². The number of hydrogen-bond donors (Lipinski definition) is 0. The average Bonchev–Trinajstić information content (AvgIpc) is 3.36. The monoisotopic (exact) mass is 483 g/mol. The number of rotatable bonds is 3. The van der Waals surface area contributed by atoms with Crippen LogP contribution < -0.4 is 10.6 Å². The van der Waals surface area contributed by atoms with Gasteiger partial charge in [0.15, 0.2) is 0 Å². The van der Waals surface area contributed by atoms with Crippen LogP contribution in [0.5, 0.6) is 0 Å². The number of fused-ring (bicyclic) bond motifs is 3. The zero-order chi connectivity index (χ0) is 24.8. The van der Waals surface area contributed by atoms with Crippen LogP contribution in [0.4, 0.5) is 0 Å². The fourth-order valence-corrected chi connectivity index (χ4v) is 6.92. The van der Waals surface area contributed by atoms with Crippen molar-refractivity contribution in [3.63, 3.8) is 0 Å². The molecule has 1 aromatic heterocycles. The Morgan fingerprint density at radius 2 is 1.38 bits per heavy atom. The van der Waals surface area contributed by atoms with Gasteiger partial charge in [-0.2, -0.15) is 5.26 Å². The third-order valence-corrected chi connectivity index (χ3v) is 8.86. The molecule has 0 amide bonds. The van der Waals surface area contributed by atoms with E-state index < -0.39 is 0 Å². The van der Waals surface area contributed by atoms with Crippen molar-refractivity contribution in [2.24, 2.45) is 0 Å². The van der Waals surface area contributed by atoms with Crippen LogP contribution in [0.1, 0.15) is 82.0 Å². The maximum atomic E-state index is 9.35. The van der Waals surface area contributed by atoms with E-state index in [0.717, 1.165) is 93.8 Å². The molecular formula is C35H33NO. The molecule has 0 N–H and O–H groups in total. The molecule has 0 saturated carbocycles. The Labute approximate surface area is 219 Å². The number of hydrogen-bond acceptors (Lipinski definition) is 2. The van der Waals surface area contributed by atoms with Gasteiger partial charge in [-0.15, -0.1) is 0 Å². The molecule has 2 heteroatoms. The van der Waals surface area contributed by atoms with Crippen LogP contribution in [0.3, 0.4) is 0 Å². The van der Waals surface area contributed by atoms with E-state index in [-0.39, 0.29) is 0 Å². The van der Waals surface area contributed by atoms with Crippen molar-refractivity contribution in [1.29, 1.82) is 5.26 Å². The predicted octanol–water partition coefficient (Wildman–Crippen LogP) is 7.52. The normalized spacial score (nSPS) is 22.7. The first-order chi connectivity index (χ1) is 18.3. The summed E-state index contributed by atoms with van der Waals surface area (Å²) in [6.07, 6.45) is 34.0. The molecule has 0 saturated heterocycles. The zero-order valence-corrected chi connectivity index (χ0v) is 21.5. The summed E-state index contributed by atoms with van der Waals surface area (Å²) in [6, 6.07) is 2.36. The summed E-state index contributed by atoms with van der Waals surface area (Å²) in [5.41, 5.74) is 15.1. The first-order valence-corrected chi connectivity index (χ1v) is 14.1. The maximum absolute atomic E-state index is 9.35. The third-order valence-electron chi connectivity index (χ3n) is 8.86. The Hall–Kier alpha value is -3.57. The van der Waals surface area contributed by atoms with Crippen molar-refractivity contribution in [1.82, 2.24) is 0 Å². The van der Waals surface area contributed by atoms with Crippen molar-refractivity contribution in [2.45, 2.75) is 77.0 Å². The molecule has 0 unspecified atom stereocenters. The van der Waals surface area contributed by atoms with Gasteiger partial charge in [0.25, 0.3) is 0 Å². The molecule has 6 aliphatic carbocycles. The Balaban J connectivity index is 1.19. The number of allylic oxidation sites excluding steroid dienone is 15. The summed E-state index contributed by atoms with van der Waals surface area (Å²) in [7, 11) is 0. The van der Waals surface area contributed by atoms with Crippen LogP contribution in [-0.2, 0) is 6.42 Å². The molecule has 7 rings (SSSR count). The topological polar surface area (TPSA) is 36.9 Å². The van der Waals surface area contributed by atoms with Gasteiger partial charge in [0.2, 0.25) is 0 Å². The highest BCUT2D eigenvalue weighted by molar-refractivity contribution is 5.70. The zero-order valence-electron chi connectivity index (χ0n) is 21.5. The van der Waals surface area contributed by atoms with Crippen LogP contribution in [0.2, 0.25) is 0 Å². The molecular weight excluding hydrogens is 450 g/mol. The highest BCUT2D eigenvalue weighted by atomic mass is 16.3. The average molecular weight is 484 g/mol. The van der Waals surface area contributed by atoms with Gasteiger partial charge in [0.05, 0.1) is 6.07 Å². The molecule has 0 radical (unpaired) electrons. The molecule has 0 aliphatic heterocycles. The molecule has 2 nitrogen and oxygen atoms in total. The highest BCUT2D eigenvalue weighted by Gasteiger charge is 2.24. The second kappa shape index (κ2) is 9.38. The molecule has 1 aromatic rings. The predicted molar refractivity (Wildman–Crippen MR) is 150 cm³/mol. The molecule has 0 aromatic carbocycles. The minimum absolute atomic E-state index is 0.874. The molecule has 0 fully saturated rings. The van der Waals surface area contributed by atoms with E-state index in [1.807, 2.05) is 0 Å². The Morgan fingerprint density at radius 1 is 0.649 bits per heavy atom. The van der Waals surface area contributed by atoms with Gasteiger partial charge in [0, 0.05) is 16.4 Å². The standard InChI is InChI=1S/C35H33NO/c36-22-23-6-3-7-24(18-23)25-8-4-9-26(19-25)27-14-15-29-21-30(17-16-28(29)20-27)31-11-5-12-33-32-10-1-2-13-34(32)37-35(31)33/h2,7-8,12-13,18-21H,1,3-6,9-11,14-17H2. The lowest BCUT2D eigenvalue weighted by molar-refractivity contribution is 0.512. The van der Waals surface area contributed by atoms with Crippen molar-refractivity contribution in [3.8, 4) is 6.07 Å². The number of nitrogens with zero attached hydrogens (tertiary/aromatic N) is 1. The fourth-order valence-electron chi connectivity index (χ4n) is 6.92. The summed E-state index contributed by atoms with van der Waals surface area (Å²) in [5, 5.41) is 10.7. The van der Waals surface area contributed by atoms with Gasteiger partial charge in [-0.25, -0.2) is 0 Å². The van der Waals surface area contributed by atoms with Gasteiger partial charge in [-0.05, 0) is 134 Å². The Kier molecular flexibility index (Phi) is 5.74. The largest absolute Gasteiger partial charge is 0.456 e. The lowest BCUT2D eigenvalue weighted by atomic mass is 9.78. The van der Waals surface area contributed by atoms with E-state index in [4.69, 9.17) is 4.42 Å². The van der Waals surface area contributed by atoms with E-state index in [1.165, 1.54) is 55.4 Å². The van der Waals surface area contributed by atoms with Gasteiger partial charge in [-0.3, -0.25) is 0 Å². The molecule has 184 valence electrons. The van der Waals surface area contributed by atoms with Gasteiger partial charge < -0.3 is 4.42 Å². The van der Waals surface area contributed by atoms with Gasteiger partial charge in [-0.1, -0.05) is 42.5 Å². The van der Waals surface area contributed by atoms with Crippen LogP contribution in [0.25, 0.3) is 17.7 Å². The molecule has 0 bridgehead atoms. The molecule has 0 spiro atoms. The quantitative estimate of drug-likeness (QED) is 0.446. The van der Waals surface area contributed by atoms with E-state index in [9.17, 15) is 5.26 Å². The number of furan rings is 1. The fraction of sp³-hybridized carbons (Fsp3) is 0.343.